The van der Waals surface area contributed by atoms with Crippen LogP contribution in [0.4, 0.5) is 13.2 Å². The van der Waals surface area contributed by atoms with Crippen molar-refractivity contribution in [1.82, 2.24) is 9.38 Å². The third-order valence-electron chi connectivity index (χ3n) is 3.16. The van der Waals surface area contributed by atoms with Crippen molar-refractivity contribution in [2.75, 3.05) is 0 Å². The number of fused-ring (bicyclic) bond motifs is 1. The van der Waals surface area contributed by atoms with Gasteiger partial charge in [-0.25, -0.2) is 4.98 Å². The Morgan fingerprint density at radius 2 is 1.68 bits per heavy atom. The van der Waals surface area contributed by atoms with Crippen molar-refractivity contribution < 1.29 is 13.2 Å². The first-order valence-electron chi connectivity index (χ1n) is 8.48. The quantitative estimate of drug-likeness (QED) is 0.473. The van der Waals surface area contributed by atoms with E-state index in [0.29, 0.717) is 11.3 Å². The molecule has 3 aromatic rings. The third-order valence-corrected chi connectivity index (χ3v) is 3.16. The van der Waals surface area contributed by atoms with Crippen molar-refractivity contribution in [2.24, 2.45) is 0 Å². The normalized spacial score (nSPS) is 10.6. The lowest BCUT2D eigenvalue weighted by Gasteiger charge is -2.07. The lowest BCUT2D eigenvalue weighted by Crippen LogP contribution is -2.04. The molecule has 2 heterocycles. The van der Waals surface area contributed by atoms with Crippen molar-refractivity contribution in [3.63, 3.8) is 0 Å². The summed E-state index contributed by atoms with van der Waals surface area (Å²) in [6, 6.07) is 9.00. The van der Waals surface area contributed by atoms with Crippen LogP contribution in [-0.2, 0) is 6.18 Å². The molecule has 2 nitrogen and oxygen atoms in total. The van der Waals surface area contributed by atoms with E-state index in [0.717, 1.165) is 23.3 Å². The van der Waals surface area contributed by atoms with Gasteiger partial charge >= 0.3 is 6.18 Å². The Bertz CT molecular complexity index is 789. The van der Waals surface area contributed by atoms with Gasteiger partial charge in [-0.2, -0.15) is 13.2 Å². The van der Waals surface area contributed by atoms with E-state index in [4.69, 9.17) is 0 Å². The fraction of sp³-hybridized carbons (Fsp3) is 0.350. The van der Waals surface area contributed by atoms with E-state index in [-0.39, 0.29) is 0 Å². The van der Waals surface area contributed by atoms with Crippen molar-refractivity contribution in [1.29, 1.82) is 0 Å². The number of hydrogen-bond acceptors (Lipinski definition) is 1. The number of aromatic nitrogens is 2. The monoisotopic (exact) mass is 350 g/mol. The molecule has 1 aromatic carbocycles. The first-order valence-corrected chi connectivity index (χ1v) is 8.48. The second-order valence-electron chi connectivity index (χ2n) is 5.33. The van der Waals surface area contributed by atoms with Crippen molar-refractivity contribution in [2.45, 2.75) is 47.2 Å². The van der Waals surface area contributed by atoms with Crippen LogP contribution in [0.3, 0.4) is 0 Å². The summed E-state index contributed by atoms with van der Waals surface area (Å²) in [6.45, 7) is 10.2. The molecule has 0 saturated carbocycles. The molecule has 0 fully saturated rings. The van der Waals surface area contributed by atoms with Crippen molar-refractivity contribution in [3.8, 4) is 11.3 Å². The fourth-order valence-electron chi connectivity index (χ4n) is 2.15. The number of imidazole rings is 1. The lowest BCUT2D eigenvalue weighted by molar-refractivity contribution is -0.137. The maximum Gasteiger partial charge on any atom is 0.416 e. The molecule has 0 bridgehead atoms. The van der Waals surface area contributed by atoms with Crippen LogP contribution in [0.25, 0.3) is 16.9 Å². The minimum Gasteiger partial charge on any atom is -0.306 e. The van der Waals surface area contributed by atoms with Crippen LogP contribution >= 0.6 is 0 Å². The molecule has 0 unspecified atom stereocenters. The van der Waals surface area contributed by atoms with E-state index in [2.05, 4.69) is 18.8 Å². The zero-order chi connectivity index (χ0) is 19.0. The maximum absolute atomic E-state index is 12.7. The van der Waals surface area contributed by atoms with Gasteiger partial charge in [-0.3, -0.25) is 0 Å². The van der Waals surface area contributed by atoms with E-state index in [1.54, 1.807) is 12.3 Å². The Hall–Kier alpha value is -2.30. The molecule has 5 heteroatoms. The van der Waals surface area contributed by atoms with Crippen LogP contribution in [0.5, 0.6) is 0 Å². The van der Waals surface area contributed by atoms with E-state index >= 15 is 0 Å². The summed E-state index contributed by atoms with van der Waals surface area (Å²) in [5.41, 5.74) is 2.06. The molecule has 0 saturated heterocycles. The highest BCUT2D eigenvalue weighted by molar-refractivity contribution is 5.64. The molecule has 0 atom stereocenters. The van der Waals surface area contributed by atoms with Crippen LogP contribution in [0.1, 0.15) is 45.2 Å². The SMILES string of the molecule is CC.CCC.Cc1cccn2cc(-c3cccc(C(F)(F)F)c3)nc12. The van der Waals surface area contributed by atoms with Crippen molar-refractivity contribution in [3.05, 3.63) is 59.9 Å². The second-order valence-corrected chi connectivity index (χ2v) is 5.33. The van der Waals surface area contributed by atoms with Gasteiger partial charge in [0.15, 0.2) is 0 Å². The predicted molar refractivity (Wildman–Crippen MR) is 97.7 cm³/mol. The summed E-state index contributed by atoms with van der Waals surface area (Å²) >= 11 is 0. The predicted octanol–water partition coefficient (Wildman–Crippen LogP) is 6.77. The molecular weight excluding hydrogens is 325 g/mol. The summed E-state index contributed by atoms with van der Waals surface area (Å²) in [6.07, 6.45) is 0.468. The number of alkyl halides is 3. The van der Waals surface area contributed by atoms with Crippen LogP contribution in [0.2, 0.25) is 0 Å². The topological polar surface area (TPSA) is 17.3 Å². The van der Waals surface area contributed by atoms with Gasteiger partial charge in [-0.05, 0) is 30.7 Å². The van der Waals surface area contributed by atoms with E-state index in [1.807, 2.05) is 43.5 Å². The number of benzene rings is 1. The molecule has 2 aromatic heterocycles. The zero-order valence-electron chi connectivity index (χ0n) is 15.4. The first-order chi connectivity index (χ1) is 11.9. The molecular formula is C20H25F3N2. The average Bonchev–Trinajstić information content (AvgIpc) is 3.03. The highest BCUT2D eigenvalue weighted by atomic mass is 19.4. The van der Waals surface area contributed by atoms with Gasteiger partial charge in [0.05, 0.1) is 11.3 Å². The Morgan fingerprint density at radius 3 is 2.24 bits per heavy atom. The smallest absolute Gasteiger partial charge is 0.306 e. The molecule has 0 amide bonds. The van der Waals surface area contributed by atoms with Gasteiger partial charge in [0.1, 0.15) is 5.65 Å². The summed E-state index contributed by atoms with van der Waals surface area (Å²) < 4.78 is 40.0. The number of pyridine rings is 1. The first kappa shape index (κ1) is 20.7. The Labute approximate surface area is 147 Å². The number of rotatable bonds is 1. The Kier molecular flexibility index (Phi) is 7.68. The van der Waals surface area contributed by atoms with E-state index in [9.17, 15) is 13.2 Å². The molecule has 0 aliphatic heterocycles. The Morgan fingerprint density at radius 1 is 1.04 bits per heavy atom. The molecule has 25 heavy (non-hydrogen) atoms. The summed E-state index contributed by atoms with van der Waals surface area (Å²) in [5, 5.41) is 0. The minimum absolute atomic E-state index is 0.461. The van der Waals surface area contributed by atoms with Crippen LogP contribution < -0.4 is 0 Å². The molecule has 0 N–H and O–H groups in total. The summed E-state index contributed by atoms with van der Waals surface area (Å²) in [5.74, 6) is 0. The number of nitrogens with zero attached hydrogens (tertiary/aromatic N) is 2. The molecule has 3 rings (SSSR count). The second kappa shape index (κ2) is 9.25. The largest absolute Gasteiger partial charge is 0.416 e. The number of halogens is 3. The van der Waals surface area contributed by atoms with E-state index < -0.39 is 11.7 Å². The van der Waals surface area contributed by atoms with Gasteiger partial charge in [-0.1, -0.05) is 52.3 Å². The zero-order valence-corrected chi connectivity index (χ0v) is 15.4. The molecule has 0 aliphatic carbocycles. The summed E-state index contributed by atoms with van der Waals surface area (Å²) in [7, 11) is 0. The fourth-order valence-corrected chi connectivity index (χ4v) is 2.15. The van der Waals surface area contributed by atoms with Crippen LogP contribution in [0, 0.1) is 6.92 Å². The lowest BCUT2D eigenvalue weighted by atomic mass is 10.1. The standard InChI is InChI=1S/C15H11F3N2.C3H8.C2H6/c1-10-4-3-7-20-9-13(19-14(10)20)11-5-2-6-12(8-11)15(16,17)18;1-3-2;1-2/h2-9H,1H3;3H2,1-2H3;1-2H3. The van der Waals surface area contributed by atoms with Gasteiger partial charge in [-0.15, -0.1) is 0 Å². The van der Waals surface area contributed by atoms with Crippen LogP contribution in [0.15, 0.2) is 48.8 Å². The molecule has 136 valence electrons. The molecule has 0 aliphatic rings. The van der Waals surface area contributed by atoms with Gasteiger partial charge in [0.2, 0.25) is 0 Å². The summed E-state index contributed by atoms with van der Waals surface area (Å²) in [4.78, 5) is 4.40. The molecule has 0 spiro atoms. The number of hydrogen-bond donors (Lipinski definition) is 0. The van der Waals surface area contributed by atoms with E-state index in [1.165, 1.54) is 12.5 Å². The van der Waals surface area contributed by atoms with Gasteiger partial charge < -0.3 is 4.40 Å². The number of aryl methyl sites for hydroxylation is 1. The highest BCUT2D eigenvalue weighted by Crippen LogP contribution is 2.32. The Balaban J connectivity index is 0.000000567. The highest BCUT2D eigenvalue weighted by Gasteiger charge is 2.30. The molecule has 0 radical (unpaired) electrons. The van der Waals surface area contributed by atoms with Gasteiger partial charge in [0.25, 0.3) is 0 Å². The maximum atomic E-state index is 12.7. The van der Waals surface area contributed by atoms with Crippen LogP contribution in [-0.4, -0.2) is 9.38 Å². The van der Waals surface area contributed by atoms with Gasteiger partial charge in [0, 0.05) is 18.0 Å². The third kappa shape index (κ3) is 5.34. The van der Waals surface area contributed by atoms with Crippen molar-refractivity contribution >= 4 is 5.65 Å². The average molecular weight is 350 g/mol. The minimum atomic E-state index is -4.34.